The molecule has 3 amide bonds. The Balaban J connectivity index is 1.36. The van der Waals surface area contributed by atoms with Crippen molar-refractivity contribution in [2.45, 2.75) is 56.9 Å². The second-order valence-corrected chi connectivity index (χ2v) is 12.2. The molecule has 0 atom stereocenters. The van der Waals surface area contributed by atoms with E-state index in [0.29, 0.717) is 57.7 Å². The predicted molar refractivity (Wildman–Crippen MR) is 134 cm³/mol. The molecule has 3 aliphatic rings. The van der Waals surface area contributed by atoms with E-state index in [0.717, 1.165) is 31.5 Å². The summed E-state index contributed by atoms with van der Waals surface area (Å²) in [6, 6.07) is 4.32. The van der Waals surface area contributed by atoms with Crippen molar-refractivity contribution in [3.05, 3.63) is 29.6 Å². The largest absolute Gasteiger partial charge is 0.490 e. The Bertz CT molecular complexity index is 1050. The zero-order chi connectivity index (χ0) is 25.8. The minimum absolute atomic E-state index is 0.0263. The quantitative estimate of drug-likeness (QED) is 0.407. The van der Waals surface area contributed by atoms with E-state index in [2.05, 4.69) is 14.9 Å². The third-order valence-electron chi connectivity index (χ3n) is 7.33. The molecule has 0 aromatic heterocycles. The van der Waals surface area contributed by atoms with E-state index >= 15 is 0 Å². The van der Waals surface area contributed by atoms with Crippen LogP contribution in [0.25, 0.3) is 0 Å². The van der Waals surface area contributed by atoms with E-state index in [4.69, 9.17) is 4.74 Å². The molecule has 200 valence electrons. The van der Waals surface area contributed by atoms with Crippen LogP contribution in [0.3, 0.4) is 0 Å². The molecule has 0 radical (unpaired) electrons. The van der Waals surface area contributed by atoms with Crippen LogP contribution < -0.4 is 14.8 Å². The van der Waals surface area contributed by atoms with Gasteiger partial charge in [0.05, 0.1) is 17.9 Å². The third-order valence-corrected chi connectivity index (χ3v) is 8.86. The lowest BCUT2D eigenvalue weighted by Gasteiger charge is -2.41. The number of rotatable bonds is 12. The van der Waals surface area contributed by atoms with E-state index in [1.54, 1.807) is 17.0 Å². The highest BCUT2D eigenvalue weighted by Crippen LogP contribution is 2.37. The molecule has 36 heavy (non-hydrogen) atoms. The Labute approximate surface area is 212 Å². The Hall–Kier alpha value is -2.24. The van der Waals surface area contributed by atoms with Gasteiger partial charge in [-0.1, -0.05) is 12.5 Å². The lowest BCUT2D eigenvalue weighted by Crippen LogP contribution is -2.52. The van der Waals surface area contributed by atoms with Crippen molar-refractivity contribution in [2.75, 3.05) is 45.6 Å². The molecule has 9 nitrogen and oxygen atoms in total. The lowest BCUT2D eigenvalue weighted by molar-refractivity contribution is -0.121. The van der Waals surface area contributed by atoms with Gasteiger partial charge in [-0.2, -0.15) is 0 Å². The van der Waals surface area contributed by atoms with E-state index in [-0.39, 0.29) is 29.9 Å². The SMILES string of the molecule is CN1CCC(NS(=O)(=O)CCCCCN2CCC(=O)NC2=O)(c2ccc(F)c(OCC3CC3)c2)CC1. The Morgan fingerprint density at radius 1 is 1.14 bits per heavy atom. The fourth-order valence-corrected chi connectivity index (χ4v) is 6.39. The Kier molecular flexibility index (Phi) is 8.52. The van der Waals surface area contributed by atoms with Crippen LogP contribution in [-0.2, 0) is 20.4 Å². The highest BCUT2D eigenvalue weighted by atomic mass is 32.2. The van der Waals surface area contributed by atoms with Crippen LogP contribution in [0.15, 0.2) is 18.2 Å². The van der Waals surface area contributed by atoms with Crippen LogP contribution in [0.5, 0.6) is 5.75 Å². The van der Waals surface area contributed by atoms with E-state index in [1.165, 1.54) is 6.07 Å². The van der Waals surface area contributed by atoms with Gasteiger partial charge in [0.25, 0.3) is 0 Å². The Morgan fingerprint density at radius 3 is 2.58 bits per heavy atom. The van der Waals surface area contributed by atoms with Crippen LogP contribution in [0, 0.1) is 11.7 Å². The number of amides is 3. The molecule has 1 aliphatic carbocycles. The second kappa shape index (κ2) is 11.4. The number of unbranched alkanes of at least 4 members (excludes halogenated alkanes) is 2. The molecule has 2 saturated heterocycles. The number of likely N-dealkylation sites (tertiary alicyclic amines) is 1. The second-order valence-electron chi connectivity index (χ2n) is 10.4. The van der Waals surface area contributed by atoms with Crippen molar-refractivity contribution in [2.24, 2.45) is 5.92 Å². The predicted octanol–water partition coefficient (Wildman–Crippen LogP) is 2.57. The summed E-state index contributed by atoms with van der Waals surface area (Å²) in [6.07, 6.45) is 5.41. The molecule has 2 aliphatic heterocycles. The summed E-state index contributed by atoms with van der Waals surface area (Å²) in [5.74, 6) is -0.0614. The van der Waals surface area contributed by atoms with E-state index in [9.17, 15) is 22.4 Å². The number of ether oxygens (including phenoxy) is 1. The van der Waals surface area contributed by atoms with Gasteiger partial charge in [0, 0.05) is 19.5 Å². The molecule has 2 heterocycles. The maximum Gasteiger partial charge on any atom is 0.324 e. The maximum absolute atomic E-state index is 14.4. The van der Waals surface area contributed by atoms with Gasteiger partial charge in [-0.15, -0.1) is 0 Å². The molecule has 11 heteroatoms. The summed E-state index contributed by atoms with van der Waals surface area (Å²) in [4.78, 5) is 26.8. The van der Waals surface area contributed by atoms with Gasteiger partial charge in [0.15, 0.2) is 11.6 Å². The standard InChI is InChI=1S/C25H37FN4O5S/c1-29-14-10-25(11-15-29,20-7-8-21(26)22(17-20)35-18-19-5-6-19)28-36(33,34)16-4-2-3-12-30-13-9-23(31)27-24(30)32/h7-8,17,19,28H,2-6,9-16,18H2,1H3,(H,27,31,32). The molecule has 1 saturated carbocycles. The number of nitrogens with zero attached hydrogens (tertiary/aromatic N) is 2. The summed E-state index contributed by atoms with van der Waals surface area (Å²) in [7, 11) is -1.60. The molecule has 1 aromatic rings. The number of nitrogens with one attached hydrogen (secondary N) is 2. The van der Waals surface area contributed by atoms with Crippen molar-refractivity contribution in [3.8, 4) is 5.75 Å². The maximum atomic E-state index is 14.4. The summed E-state index contributed by atoms with van der Waals surface area (Å²) >= 11 is 0. The van der Waals surface area contributed by atoms with Crippen LogP contribution in [0.1, 0.15) is 56.9 Å². The van der Waals surface area contributed by atoms with Crippen molar-refractivity contribution < 1.29 is 27.1 Å². The number of sulfonamides is 1. The number of benzene rings is 1. The first-order valence-corrected chi connectivity index (χ1v) is 14.5. The van der Waals surface area contributed by atoms with Crippen molar-refractivity contribution >= 4 is 22.0 Å². The average Bonchev–Trinajstić information content (AvgIpc) is 3.65. The average molecular weight is 525 g/mol. The Morgan fingerprint density at radius 2 is 1.89 bits per heavy atom. The molecule has 2 N–H and O–H groups in total. The zero-order valence-electron chi connectivity index (χ0n) is 20.9. The lowest BCUT2D eigenvalue weighted by atomic mass is 9.82. The van der Waals surface area contributed by atoms with Gasteiger partial charge in [-0.3, -0.25) is 10.1 Å². The number of hydrogen-bond acceptors (Lipinski definition) is 6. The molecule has 0 unspecified atom stereocenters. The highest BCUT2D eigenvalue weighted by Gasteiger charge is 2.39. The minimum Gasteiger partial charge on any atom is -0.490 e. The topological polar surface area (TPSA) is 108 Å². The number of carbonyl (C=O) groups excluding carboxylic acids is 2. The number of urea groups is 1. The fourth-order valence-electron chi connectivity index (χ4n) is 4.79. The van der Waals surface area contributed by atoms with Gasteiger partial charge >= 0.3 is 6.03 Å². The third kappa shape index (κ3) is 7.17. The molecule has 4 rings (SSSR count). The van der Waals surface area contributed by atoms with Crippen molar-refractivity contribution in [1.29, 1.82) is 0 Å². The molecular weight excluding hydrogens is 487 g/mol. The molecular formula is C25H37FN4O5S. The van der Waals surface area contributed by atoms with E-state index < -0.39 is 21.4 Å². The first-order chi connectivity index (χ1) is 17.2. The number of carbonyl (C=O) groups is 2. The van der Waals surface area contributed by atoms with E-state index in [1.807, 2.05) is 7.05 Å². The van der Waals surface area contributed by atoms with Gasteiger partial charge < -0.3 is 14.5 Å². The molecule has 0 spiro atoms. The molecule has 3 fully saturated rings. The molecule has 1 aromatic carbocycles. The molecule has 0 bridgehead atoms. The van der Waals surface area contributed by atoms with Crippen molar-refractivity contribution in [1.82, 2.24) is 19.8 Å². The van der Waals surface area contributed by atoms with Crippen molar-refractivity contribution in [3.63, 3.8) is 0 Å². The van der Waals surface area contributed by atoms with Gasteiger partial charge in [0.2, 0.25) is 15.9 Å². The van der Waals surface area contributed by atoms with Gasteiger partial charge in [0.1, 0.15) is 0 Å². The summed E-state index contributed by atoms with van der Waals surface area (Å²) < 4.78 is 49.4. The monoisotopic (exact) mass is 524 g/mol. The first-order valence-electron chi connectivity index (χ1n) is 12.9. The minimum atomic E-state index is -3.61. The number of piperidine rings is 1. The smallest absolute Gasteiger partial charge is 0.324 e. The number of imide groups is 1. The first kappa shape index (κ1) is 26.8. The number of hydrogen-bond donors (Lipinski definition) is 2. The van der Waals surface area contributed by atoms with Crippen LogP contribution >= 0.6 is 0 Å². The van der Waals surface area contributed by atoms with Crippen LogP contribution in [0.2, 0.25) is 0 Å². The normalized spacial score (nSPS) is 20.9. The summed E-state index contributed by atoms with van der Waals surface area (Å²) in [5, 5.41) is 2.29. The van der Waals surface area contributed by atoms with Crippen LogP contribution in [-0.4, -0.2) is 75.7 Å². The van der Waals surface area contributed by atoms with Crippen LogP contribution in [0.4, 0.5) is 9.18 Å². The highest BCUT2D eigenvalue weighted by molar-refractivity contribution is 7.89. The summed E-state index contributed by atoms with van der Waals surface area (Å²) in [5.41, 5.74) is -0.0770. The fraction of sp³-hybridized carbons (Fsp3) is 0.680. The number of halogens is 1. The summed E-state index contributed by atoms with van der Waals surface area (Å²) in [6.45, 7) is 2.81. The zero-order valence-corrected chi connectivity index (χ0v) is 21.7. The van der Waals surface area contributed by atoms with Gasteiger partial charge in [-0.05, 0) is 82.3 Å². The van der Waals surface area contributed by atoms with Gasteiger partial charge in [-0.25, -0.2) is 22.3 Å².